The first-order chi connectivity index (χ1) is 7.83. The van der Waals surface area contributed by atoms with Crippen LogP contribution in [0.5, 0.6) is 5.75 Å². The number of nitrogens with zero attached hydrogens (tertiary/aromatic N) is 4. The highest BCUT2D eigenvalue weighted by atomic mass is 31.2. The number of hydrogen-bond acceptors (Lipinski definition) is 5. The Kier molecular flexibility index (Phi) is 3.66. The number of nitro benzene ring substituents is 1. The Morgan fingerprint density at radius 2 is 2.18 bits per heavy atom. The number of benzene rings is 1. The molecule has 0 radical (unpaired) electrons. The molecule has 17 heavy (non-hydrogen) atoms. The highest BCUT2D eigenvalue weighted by molar-refractivity contribution is 7.46. The van der Waals surface area contributed by atoms with Crippen LogP contribution < -0.4 is 4.52 Å². The summed E-state index contributed by atoms with van der Waals surface area (Å²) in [7, 11) is -4.89. The molecular weight excluding hydrogens is 255 g/mol. The van der Waals surface area contributed by atoms with Crippen LogP contribution in [0.25, 0.3) is 10.4 Å². The van der Waals surface area contributed by atoms with Gasteiger partial charge in [0.2, 0.25) is 5.75 Å². The molecule has 1 rings (SSSR count). The van der Waals surface area contributed by atoms with E-state index in [0.717, 1.165) is 18.2 Å². The van der Waals surface area contributed by atoms with Crippen LogP contribution in [0.3, 0.4) is 0 Å². The topological polar surface area (TPSA) is 159 Å². The summed E-state index contributed by atoms with van der Waals surface area (Å²) in [5.41, 5.74) is 7.36. The fourth-order valence-electron chi connectivity index (χ4n) is 0.968. The largest absolute Gasteiger partial charge is 0.525 e. The Bertz CT molecular complexity index is 547. The minimum absolute atomic E-state index is 0.0720. The van der Waals surface area contributed by atoms with Gasteiger partial charge in [0.1, 0.15) is 0 Å². The van der Waals surface area contributed by atoms with Crippen LogP contribution in [-0.2, 0) is 4.57 Å². The van der Waals surface area contributed by atoms with Gasteiger partial charge < -0.3 is 4.52 Å². The Morgan fingerprint density at radius 1 is 1.53 bits per heavy atom. The minimum Gasteiger partial charge on any atom is -0.397 e. The summed E-state index contributed by atoms with van der Waals surface area (Å²) < 4.78 is 14.7. The first kappa shape index (κ1) is 12.9. The summed E-state index contributed by atoms with van der Waals surface area (Å²) >= 11 is 0. The maximum absolute atomic E-state index is 10.6. The molecule has 0 aliphatic carbocycles. The monoisotopic (exact) mass is 260 g/mol. The molecule has 0 saturated carbocycles. The van der Waals surface area contributed by atoms with Gasteiger partial charge in [0.15, 0.2) is 0 Å². The second kappa shape index (κ2) is 4.81. The predicted molar refractivity (Wildman–Crippen MR) is 54.6 cm³/mol. The van der Waals surface area contributed by atoms with E-state index in [1.54, 1.807) is 0 Å². The fraction of sp³-hybridized carbons (Fsp3) is 0. The summed E-state index contributed by atoms with van der Waals surface area (Å²) in [4.78, 5) is 29.2. The van der Waals surface area contributed by atoms with Crippen LogP contribution in [-0.4, -0.2) is 14.7 Å². The Balaban J connectivity index is 3.27. The molecular formula is C6H5N4O6P. The number of hydrogen-bond donors (Lipinski definition) is 2. The van der Waals surface area contributed by atoms with Gasteiger partial charge in [-0.1, -0.05) is 5.11 Å². The van der Waals surface area contributed by atoms with Gasteiger partial charge in [-0.2, -0.15) is 0 Å². The summed E-state index contributed by atoms with van der Waals surface area (Å²) in [5.74, 6) is -0.611. The smallest absolute Gasteiger partial charge is 0.397 e. The summed E-state index contributed by atoms with van der Waals surface area (Å²) in [6, 6.07) is 2.89. The fourth-order valence-corrected chi connectivity index (χ4v) is 1.38. The Hall–Kier alpha value is -2.12. The molecule has 11 heteroatoms. The molecule has 0 atom stereocenters. The van der Waals surface area contributed by atoms with Crippen LogP contribution in [0.15, 0.2) is 23.3 Å². The lowest BCUT2D eigenvalue weighted by atomic mass is 10.2. The lowest BCUT2D eigenvalue weighted by molar-refractivity contribution is -0.385. The molecule has 10 nitrogen and oxygen atoms in total. The van der Waals surface area contributed by atoms with Crippen molar-refractivity contribution in [3.63, 3.8) is 0 Å². The van der Waals surface area contributed by atoms with Gasteiger partial charge in [-0.15, -0.1) is 0 Å². The summed E-state index contributed by atoms with van der Waals surface area (Å²) in [6.07, 6.45) is 0. The van der Waals surface area contributed by atoms with E-state index >= 15 is 0 Å². The second-order valence-electron chi connectivity index (χ2n) is 2.68. The van der Waals surface area contributed by atoms with Crippen molar-refractivity contribution in [1.82, 2.24) is 0 Å². The third-order valence-electron chi connectivity index (χ3n) is 1.52. The predicted octanol–water partition coefficient (Wildman–Crippen LogP) is 2.01. The van der Waals surface area contributed by atoms with E-state index in [4.69, 9.17) is 15.3 Å². The molecule has 0 aliphatic rings. The van der Waals surface area contributed by atoms with Crippen LogP contribution in [0.4, 0.5) is 11.4 Å². The molecule has 2 N–H and O–H groups in total. The van der Waals surface area contributed by atoms with E-state index in [1.165, 1.54) is 0 Å². The van der Waals surface area contributed by atoms with Crippen LogP contribution in [0, 0.1) is 10.1 Å². The number of phosphoric acid groups is 1. The molecule has 0 fully saturated rings. The van der Waals surface area contributed by atoms with E-state index < -0.39 is 24.2 Å². The van der Waals surface area contributed by atoms with Gasteiger partial charge in [0.05, 0.1) is 4.92 Å². The van der Waals surface area contributed by atoms with E-state index in [1.807, 2.05) is 0 Å². The van der Waals surface area contributed by atoms with E-state index in [-0.39, 0.29) is 5.69 Å². The molecule has 0 aliphatic heterocycles. The van der Waals surface area contributed by atoms with Gasteiger partial charge in [-0.3, -0.25) is 19.9 Å². The molecule has 0 unspecified atom stereocenters. The van der Waals surface area contributed by atoms with Gasteiger partial charge in [0.25, 0.3) is 0 Å². The average Bonchev–Trinajstić information content (AvgIpc) is 2.18. The van der Waals surface area contributed by atoms with Crippen molar-refractivity contribution in [3.05, 3.63) is 38.8 Å². The maximum Gasteiger partial charge on any atom is 0.525 e. The van der Waals surface area contributed by atoms with Crippen molar-refractivity contribution in [2.45, 2.75) is 0 Å². The molecule has 0 saturated heterocycles. The van der Waals surface area contributed by atoms with Crippen molar-refractivity contribution in [2.75, 3.05) is 0 Å². The Labute approximate surface area is 93.5 Å². The molecule has 90 valence electrons. The number of phosphoric ester groups is 1. The third kappa shape index (κ3) is 3.74. The summed E-state index contributed by atoms with van der Waals surface area (Å²) in [5, 5.41) is 13.7. The SMILES string of the molecule is [N-]=[N+]=Nc1ccc(OP(=O)(O)O)c([N+](=O)[O-])c1. The molecule has 1 aromatic rings. The van der Waals surface area contributed by atoms with Crippen molar-refractivity contribution in [3.8, 4) is 5.75 Å². The van der Waals surface area contributed by atoms with Crippen molar-refractivity contribution in [1.29, 1.82) is 0 Å². The lowest BCUT2D eigenvalue weighted by Gasteiger charge is -2.07. The Morgan fingerprint density at radius 3 is 2.65 bits per heavy atom. The molecule has 0 aromatic heterocycles. The molecule has 0 spiro atoms. The van der Waals surface area contributed by atoms with Gasteiger partial charge in [-0.25, -0.2) is 4.57 Å². The van der Waals surface area contributed by atoms with Crippen molar-refractivity contribution >= 4 is 19.2 Å². The first-order valence-corrected chi connectivity index (χ1v) is 5.45. The van der Waals surface area contributed by atoms with E-state index in [9.17, 15) is 14.7 Å². The van der Waals surface area contributed by atoms with Crippen LogP contribution in [0.1, 0.15) is 0 Å². The number of rotatable bonds is 4. The standard InChI is InChI=1S/C6H5N4O6P/c7-9-8-4-1-2-6(16-17(13,14)15)5(3-4)10(11)12/h1-3H,(H2,13,14,15). The van der Waals surface area contributed by atoms with Gasteiger partial charge >= 0.3 is 13.5 Å². The average molecular weight is 260 g/mol. The first-order valence-electron chi connectivity index (χ1n) is 3.92. The lowest BCUT2D eigenvalue weighted by Crippen LogP contribution is -1.95. The zero-order valence-corrected chi connectivity index (χ0v) is 8.89. The van der Waals surface area contributed by atoms with Crippen LogP contribution >= 0.6 is 7.82 Å². The normalized spacial score (nSPS) is 10.5. The zero-order chi connectivity index (χ0) is 13.1. The van der Waals surface area contributed by atoms with Crippen LogP contribution in [0.2, 0.25) is 0 Å². The molecule has 0 amide bonds. The van der Waals surface area contributed by atoms with E-state index in [0.29, 0.717) is 0 Å². The van der Waals surface area contributed by atoms with Crippen molar-refractivity contribution in [2.24, 2.45) is 5.11 Å². The maximum atomic E-state index is 10.6. The third-order valence-corrected chi connectivity index (χ3v) is 1.95. The summed E-state index contributed by atoms with van der Waals surface area (Å²) in [6.45, 7) is 0. The quantitative estimate of drug-likeness (QED) is 0.210. The van der Waals surface area contributed by atoms with E-state index in [2.05, 4.69) is 14.5 Å². The number of azide groups is 1. The van der Waals surface area contributed by atoms with Crippen molar-refractivity contribution < 1.29 is 23.8 Å². The molecule has 1 aromatic carbocycles. The van der Waals surface area contributed by atoms with Gasteiger partial charge in [-0.05, 0) is 17.7 Å². The highest BCUT2D eigenvalue weighted by Gasteiger charge is 2.23. The highest BCUT2D eigenvalue weighted by Crippen LogP contribution is 2.42. The zero-order valence-electron chi connectivity index (χ0n) is 8.00. The van der Waals surface area contributed by atoms with Gasteiger partial charge in [0, 0.05) is 16.7 Å². The molecule has 0 heterocycles. The number of nitro groups is 1. The minimum atomic E-state index is -4.89. The molecule has 0 bridgehead atoms. The second-order valence-corrected chi connectivity index (χ2v) is 3.84.